The van der Waals surface area contributed by atoms with Crippen molar-refractivity contribution in [3.8, 4) is 11.8 Å². The first-order chi connectivity index (χ1) is 6.72. The van der Waals surface area contributed by atoms with Gasteiger partial charge >= 0.3 is 0 Å². The molecule has 1 unspecified atom stereocenters. The highest BCUT2D eigenvalue weighted by Crippen LogP contribution is 2.24. The number of benzene rings is 1. The molecule has 1 aromatic rings. The molecule has 0 aliphatic heterocycles. The monoisotopic (exact) mass is 191 g/mol. The fourth-order valence-electron chi connectivity index (χ4n) is 1.28. The molecule has 0 aliphatic rings. The number of aliphatic hydroxyl groups excluding tert-OH is 1. The zero-order valence-corrected chi connectivity index (χ0v) is 8.32. The van der Waals surface area contributed by atoms with Gasteiger partial charge in [0.05, 0.1) is 18.7 Å². The van der Waals surface area contributed by atoms with Crippen LogP contribution in [0.4, 0.5) is 0 Å². The molecular weight excluding hydrogens is 178 g/mol. The van der Waals surface area contributed by atoms with Gasteiger partial charge in [-0.1, -0.05) is 6.92 Å². The molecule has 0 bridgehead atoms. The van der Waals surface area contributed by atoms with E-state index in [-0.39, 0.29) is 12.5 Å². The Hall–Kier alpha value is -1.53. The SMILES string of the molecule is COc1ccc(C#N)c(C(C)CO)c1. The molecule has 0 fully saturated rings. The number of methoxy groups -OCH3 is 1. The molecule has 0 saturated heterocycles. The zero-order valence-electron chi connectivity index (χ0n) is 8.32. The lowest BCUT2D eigenvalue weighted by molar-refractivity contribution is 0.272. The quantitative estimate of drug-likeness (QED) is 0.790. The highest BCUT2D eigenvalue weighted by molar-refractivity contribution is 5.44. The van der Waals surface area contributed by atoms with Crippen LogP contribution in [0.25, 0.3) is 0 Å². The summed E-state index contributed by atoms with van der Waals surface area (Å²) in [6, 6.07) is 7.34. The van der Waals surface area contributed by atoms with Crippen molar-refractivity contribution < 1.29 is 9.84 Å². The summed E-state index contributed by atoms with van der Waals surface area (Å²) in [7, 11) is 1.58. The second-order valence-electron chi connectivity index (χ2n) is 3.15. The van der Waals surface area contributed by atoms with Crippen LogP contribution in [0.5, 0.6) is 5.75 Å². The molecule has 1 aromatic carbocycles. The fourth-order valence-corrected chi connectivity index (χ4v) is 1.28. The van der Waals surface area contributed by atoms with E-state index < -0.39 is 0 Å². The molecule has 0 aromatic heterocycles. The maximum atomic E-state index is 9.02. The average molecular weight is 191 g/mol. The van der Waals surface area contributed by atoms with E-state index in [1.165, 1.54) is 0 Å². The molecule has 3 nitrogen and oxygen atoms in total. The van der Waals surface area contributed by atoms with E-state index >= 15 is 0 Å². The van der Waals surface area contributed by atoms with E-state index in [0.717, 1.165) is 5.56 Å². The number of aliphatic hydroxyl groups is 1. The van der Waals surface area contributed by atoms with Gasteiger partial charge < -0.3 is 9.84 Å². The van der Waals surface area contributed by atoms with Crippen molar-refractivity contribution in [2.75, 3.05) is 13.7 Å². The highest BCUT2D eigenvalue weighted by Gasteiger charge is 2.10. The molecule has 3 heteroatoms. The summed E-state index contributed by atoms with van der Waals surface area (Å²) in [4.78, 5) is 0. The lowest BCUT2D eigenvalue weighted by atomic mass is 9.97. The van der Waals surface area contributed by atoms with Gasteiger partial charge in [0.1, 0.15) is 5.75 Å². The number of ether oxygens (including phenoxy) is 1. The Balaban J connectivity index is 3.16. The predicted molar refractivity (Wildman–Crippen MR) is 53.2 cm³/mol. The maximum absolute atomic E-state index is 9.02. The number of nitrogens with zero attached hydrogens (tertiary/aromatic N) is 1. The molecule has 74 valence electrons. The lowest BCUT2D eigenvalue weighted by Crippen LogP contribution is -2.02. The van der Waals surface area contributed by atoms with Gasteiger partial charge in [-0.3, -0.25) is 0 Å². The largest absolute Gasteiger partial charge is 0.497 e. The van der Waals surface area contributed by atoms with Crippen molar-refractivity contribution >= 4 is 0 Å². The van der Waals surface area contributed by atoms with Gasteiger partial charge in [0.2, 0.25) is 0 Å². The Bertz CT molecular complexity index is 355. The van der Waals surface area contributed by atoms with Crippen molar-refractivity contribution in [2.24, 2.45) is 0 Å². The summed E-state index contributed by atoms with van der Waals surface area (Å²) in [5, 5.41) is 17.9. The second kappa shape index (κ2) is 4.64. The molecule has 1 atom stereocenters. The zero-order chi connectivity index (χ0) is 10.6. The number of hydrogen-bond acceptors (Lipinski definition) is 3. The predicted octanol–water partition coefficient (Wildman–Crippen LogP) is 1.66. The summed E-state index contributed by atoms with van der Waals surface area (Å²) in [6.45, 7) is 1.90. The van der Waals surface area contributed by atoms with E-state index in [0.29, 0.717) is 11.3 Å². The number of rotatable bonds is 3. The van der Waals surface area contributed by atoms with Gasteiger partial charge in [0.15, 0.2) is 0 Å². The van der Waals surface area contributed by atoms with E-state index in [9.17, 15) is 0 Å². The van der Waals surface area contributed by atoms with Crippen LogP contribution in [0.3, 0.4) is 0 Å². The van der Waals surface area contributed by atoms with Crippen LogP contribution in [0.15, 0.2) is 18.2 Å². The molecular formula is C11H13NO2. The molecule has 0 saturated carbocycles. The topological polar surface area (TPSA) is 53.2 Å². The summed E-state index contributed by atoms with van der Waals surface area (Å²) >= 11 is 0. The molecule has 0 spiro atoms. The summed E-state index contributed by atoms with van der Waals surface area (Å²) in [6.07, 6.45) is 0. The third kappa shape index (κ3) is 2.04. The van der Waals surface area contributed by atoms with Crippen LogP contribution in [0.2, 0.25) is 0 Å². The Morgan fingerprint density at radius 1 is 1.57 bits per heavy atom. The average Bonchev–Trinajstić information content (AvgIpc) is 2.27. The third-order valence-corrected chi connectivity index (χ3v) is 2.18. The van der Waals surface area contributed by atoms with Gasteiger partial charge in [-0.2, -0.15) is 5.26 Å². The van der Waals surface area contributed by atoms with Gasteiger partial charge in [-0.05, 0) is 23.8 Å². The van der Waals surface area contributed by atoms with Crippen LogP contribution in [0.1, 0.15) is 24.0 Å². The van der Waals surface area contributed by atoms with Gasteiger partial charge in [-0.25, -0.2) is 0 Å². The second-order valence-corrected chi connectivity index (χ2v) is 3.15. The number of nitriles is 1. The summed E-state index contributed by atoms with van der Waals surface area (Å²) in [5.41, 5.74) is 1.42. The van der Waals surface area contributed by atoms with Crippen molar-refractivity contribution in [3.05, 3.63) is 29.3 Å². The van der Waals surface area contributed by atoms with E-state index in [4.69, 9.17) is 15.1 Å². The van der Waals surface area contributed by atoms with Gasteiger partial charge in [0, 0.05) is 12.5 Å². The van der Waals surface area contributed by atoms with Crippen molar-refractivity contribution in [2.45, 2.75) is 12.8 Å². The third-order valence-electron chi connectivity index (χ3n) is 2.18. The Morgan fingerprint density at radius 2 is 2.29 bits per heavy atom. The van der Waals surface area contributed by atoms with Gasteiger partial charge in [0.25, 0.3) is 0 Å². The Kier molecular flexibility index (Phi) is 3.49. The Labute approximate surface area is 83.6 Å². The summed E-state index contributed by atoms with van der Waals surface area (Å²) in [5.74, 6) is 0.666. The van der Waals surface area contributed by atoms with Crippen LogP contribution in [-0.2, 0) is 0 Å². The molecule has 0 radical (unpaired) electrons. The minimum absolute atomic E-state index is 0.0296. The van der Waals surface area contributed by atoms with Crippen molar-refractivity contribution in [1.29, 1.82) is 5.26 Å². The first kappa shape index (κ1) is 10.6. The highest BCUT2D eigenvalue weighted by atomic mass is 16.5. The fraction of sp³-hybridized carbons (Fsp3) is 0.364. The van der Waals surface area contributed by atoms with Gasteiger partial charge in [-0.15, -0.1) is 0 Å². The van der Waals surface area contributed by atoms with E-state index in [1.54, 1.807) is 25.3 Å². The Morgan fingerprint density at radius 3 is 2.79 bits per heavy atom. The van der Waals surface area contributed by atoms with Crippen molar-refractivity contribution in [3.63, 3.8) is 0 Å². The molecule has 1 N–H and O–H groups in total. The standard InChI is InChI=1S/C11H13NO2/c1-8(7-13)11-5-10(14-2)4-3-9(11)6-12/h3-5,8,13H,7H2,1-2H3. The van der Waals surface area contributed by atoms with Crippen molar-refractivity contribution in [1.82, 2.24) is 0 Å². The smallest absolute Gasteiger partial charge is 0.119 e. The molecule has 1 rings (SSSR count). The van der Waals surface area contributed by atoms with Crippen LogP contribution < -0.4 is 4.74 Å². The molecule has 0 amide bonds. The van der Waals surface area contributed by atoms with Crippen LogP contribution >= 0.6 is 0 Å². The minimum atomic E-state index is -0.0419. The van der Waals surface area contributed by atoms with Crippen LogP contribution in [0, 0.1) is 11.3 Å². The maximum Gasteiger partial charge on any atom is 0.119 e. The van der Waals surface area contributed by atoms with E-state index in [1.807, 2.05) is 6.92 Å². The number of hydrogen-bond donors (Lipinski definition) is 1. The first-order valence-corrected chi connectivity index (χ1v) is 4.41. The van der Waals surface area contributed by atoms with Crippen LogP contribution in [-0.4, -0.2) is 18.8 Å². The molecule has 14 heavy (non-hydrogen) atoms. The lowest BCUT2D eigenvalue weighted by Gasteiger charge is -2.11. The first-order valence-electron chi connectivity index (χ1n) is 4.41. The normalized spacial score (nSPS) is 11.9. The molecule has 0 aliphatic carbocycles. The minimum Gasteiger partial charge on any atom is -0.497 e. The summed E-state index contributed by atoms with van der Waals surface area (Å²) < 4.78 is 5.06. The van der Waals surface area contributed by atoms with E-state index in [2.05, 4.69) is 6.07 Å². The molecule has 0 heterocycles.